The summed E-state index contributed by atoms with van der Waals surface area (Å²) in [6.45, 7) is 8.15. The molecule has 1 unspecified atom stereocenters. The van der Waals surface area contributed by atoms with E-state index in [2.05, 4.69) is 36.0 Å². The van der Waals surface area contributed by atoms with Gasteiger partial charge in [0.2, 0.25) is 0 Å². The number of piperidine rings is 1. The molecule has 0 aromatic carbocycles. The zero-order valence-electron chi connectivity index (χ0n) is 13.5. The molecule has 1 aromatic rings. The van der Waals surface area contributed by atoms with Crippen molar-refractivity contribution in [1.82, 2.24) is 10.3 Å². The number of rotatable bonds is 6. The largest absolute Gasteiger partial charge is 0.353 e. The van der Waals surface area contributed by atoms with Gasteiger partial charge in [0.1, 0.15) is 11.6 Å². The summed E-state index contributed by atoms with van der Waals surface area (Å²) in [6, 6.07) is 2.57. The number of aromatic nitrogens is 1. The summed E-state index contributed by atoms with van der Waals surface area (Å²) in [5, 5.41) is 3.38. The molecule has 2 rings (SSSR count). The quantitative estimate of drug-likeness (QED) is 0.863. The van der Waals surface area contributed by atoms with Crippen LogP contribution in [0, 0.1) is 5.82 Å². The Morgan fingerprint density at radius 3 is 2.95 bits per heavy atom. The summed E-state index contributed by atoms with van der Waals surface area (Å²) in [6.07, 6.45) is 7.45. The van der Waals surface area contributed by atoms with Crippen LogP contribution in [0.3, 0.4) is 0 Å². The zero-order chi connectivity index (χ0) is 15.2. The Hall–Kier alpha value is -1.16. The summed E-state index contributed by atoms with van der Waals surface area (Å²) in [7, 11) is 0. The van der Waals surface area contributed by atoms with Gasteiger partial charge in [0.25, 0.3) is 0 Å². The molecule has 1 N–H and O–H groups in total. The second kappa shape index (κ2) is 7.74. The highest BCUT2D eigenvalue weighted by atomic mass is 19.1. The minimum atomic E-state index is -0.247. The predicted molar refractivity (Wildman–Crippen MR) is 86.1 cm³/mol. The third-order valence-corrected chi connectivity index (χ3v) is 4.13. The molecule has 1 aliphatic heterocycles. The molecule has 118 valence electrons. The van der Waals surface area contributed by atoms with Gasteiger partial charge in [-0.15, -0.1) is 0 Å². The third-order valence-electron chi connectivity index (χ3n) is 4.13. The molecule has 0 radical (unpaired) electrons. The van der Waals surface area contributed by atoms with E-state index in [-0.39, 0.29) is 5.82 Å². The van der Waals surface area contributed by atoms with Gasteiger partial charge in [0.15, 0.2) is 0 Å². The maximum absolute atomic E-state index is 13.6. The second-order valence-electron chi connectivity index (χ2n) is 6.30. The van der Waals surface area contributed by atoms with Crippen molar-refractivity contribution in [3.63, 3.8) is 0 Å². The first kappa shape index (κ1) is 16.2. The van der Waals surface area contributed by atoms with Crippen LogP contribution in [-0.4, -0.2) is 23.6 Å². The molecular formula is C17H28FN3. The second-order valence-corrected chi connectivity index (χ2v) is 6.30. The van der Waals surface area contributed by atoms with E-state index in [9.17, 15) is 4.39 Å². The molecule has 1 atom stereocenters. The van der Waals surface area contributed by atoms with Crippen molar-refractivity contribution in [2.45, 2.75) is 71.5 Å². The van der Waals surface area contributed by atoms with Crippen LogP contribution < -0.4 is 10.2 Å². The highest BCUT2D eigenvalue weighted by Crippen LogP contribution is 2.28. The van der Waals surface area contributed by atoms with Gasteiger partial charge in [0, 0.05) is 30.7 Å². The van der Waals surface area contributed by atoms with Gasteiger partial charge >= 0.3 is 0 Å². The lowest BCUT2D eigenvalue weighted by Gasteiger charge is -2.37. The first-order chi connectivity index (χ1) is 10.1. The van der Waals surface area contributed by atoms with E-state index in [0.29, 0.717) is 18.6 Å². The number of halogens is 1. The summed E-state index contributed by atoms with van der Waals surface area (Å²) < 4.78 is 13.6. The van der Waals surface area contributed by atoms with Gasteiger partial charge in [-0.1, -0.05) is 27.2 Å². The number of anilines is 1. The lowest BCUT2D eigenvalue weighted by atomic mass is 9.97. The minimum Gasteiger partial charge on any atom is -0.353 e. The van der Waals surface area contributed by atoms with E-state index >= 15 is 0 Å². The lowest BCUT2D eigenvalue weighted by Crippen LogP contribution is -2.41. The fourth-order valence-corrected chi connectivity index (χ4v) is 3.09. The fourth-order valence-electron chi connectivity index (χ4n) is 3.09. The molecule has 1 saturated heterocycles. The van der Waals surface area contributed by atoms with Crippen molar-refractivity contribution < 1.29 is 4.39 Å². The van der Waals surface area contributed by atoms with Crippen LogP contribution in [0.15, 0.2) is 12.3 Å². The van der Waals surface area contributed by atoms with E-state index in [1.165, 1.54) is 38.3 Å². The fraction of sp³-hybridized carbons (Fsp3) is 0.706. The molecule has 0 amide bonds. The molecule has 0 saturated carbocycles. The minimum absolute atomic E-state index is 0.247. The number of pyridine rings is 1. The zero-order valence-corrected chi connectivity index (χ0v) is 13.5. The maximum Gasteiger partial charge on any atom is 0.141 e. The summed E-state index contributed by atoms with van der Waals surface area (Å²) >= 11 is 0. The average molecular weight is 293 g/mol. The van der Waals surface area contributed by atoms with E-state index in [0.717, 1.165) is 17.9 Å². The first-order valence-corrected chi connectivity index (χ1v) is 8.26. The Kier molecular flexibility index (Phi) is 5.97. The standard InChI is InChI=1S/C17H28FN3/c1-4-7-16-8-5-6-9-21(16)17-14(11-19-13(2)3)10-15(18)12-20-17/h10,12-13,16,19H,4-9,11H2,1-3H3. The van der Waals surface area contributed by atoms with Crippen LogP contribution in [0.1, 0.15) is 58.4 Å². The Balaban J connectivity index is 2.23. The predicted octanol–water partition coefficient (Wildman–Crippen LogP) is 3.88. The van der Waals surface area contributed by atoms with Crippen LogP contribution in [0.25, 0.3) is 0 Å². The van der Waals surface area contributed by atoms with E-state index in [4.69, 9.17) is 0 Å². The summed E-state index contributed by atoms with van der Waals surface area (Å²) in [5.74, 6) is 0.728. The molecule has 21 heavy (non-hydrogen) atoms. The molecule has 1 aliphatic rings. The highest BCUT2D eigenvalue weighted by Gasteiger charge is 2.25. The van der Waals surface area contributed by atoms with Crippen LogP contribution in [-0.2, 0) is 6.54 Å². The molecule has 0 spiro atoms. The van der Waals surface area contributed by atoms with Crippen molar-refractivity contribution in [3.8, 4) is 0 Å². The number of hydrogen-bond donors (Lipinski definition) is 1. The SMILES string of the molecule is CCCC1CCCCN1c1ncc(F)cc1CNC(C)C. The van der Waals surface area contributed by atoms with Gasteiger partial charge < -0.3 is 10.2 Å². The van der Waals surface area contributed by atoms with E-state index in [1.54, 1.807) is 6.07 Å². The monoisotopic (exact) mass is 293 g/mol. The van der Waals surface area contributed by atoms with Crippen molar-refractivity contribution in [1.29, 1.82) is 0 Å². The highest BCUT2D eigenvalue weighted by molar-refractivity contribution is 5.48. The van der Waals surface area contributed by atoms with Gasteiger partial charge in [-0.05, 0) is 31.7 Å². The summed E-state index contributed by atoms with van der Waals surface area (Å²) in [5.41, 5.74) is 0.978. The summed E-state index contributed by atoms with van der Waals surface area (Å²) in [4.78, 5) is 6.83. The van der Waals surface area contributed by atoms with Crippen LogP contribution in [0.4, 0.5) is 10.2 Å². The number of nitrogens with zero attached hydrogens (tertiary/aromatic N) is 2. The van der Waals surface area contributed by atoms with Gasteiger partial charge in [-0.25, -0.2) is 9.37 Å². The lowest BCUT2D eigenvalue weighted by molar-refractivity contribution is 0.429. The Morgan fingerprint density at radius 2 is 2.24 bits per heavy atom. The van der Waals surface area contributed by atoms with Crippen molar-refractivity contribution in [2.24, 2.45) is 0 Å². The third kappa shape index (κ3) is 4.40. The molecule has 3 nitrogen and oxygen atoms in total. The van der Waals surface area contributed by atoms with Crippen molar-refractivity contribution in [2.75, 3.05) is 11.4 Å². The van der Waals surface area contributed by atoms with Gasteiger partial charge in [-0.3, -0.25) is 0 Å². The molecule has 0 aliphatic carbocycles. The van der Waals surface area contributed by atoms with Gasteiger partial charge in [-0.2, -0.15) is 0 Å². The molecule has 0 bridgehead atoms. The Labute approximate surface area is 127 Å². The topological polar surface area (TPSA) is 28.2 Å². The van der Waals surface area contributed by atoms with Crippen LogP contribution >= 0.6 is 0 Å². The number of hydrogen-bond acceptors (Lipinski definition) is 3. The van der Waals surface area contributed by atoms with Gasteiger partial charge in [0.05, 0.1) is 6.20 Å². The number of nitrogens with one attached hydrogen (secondary N) is 1. The molecule has 1 fully saturated rings. The molecule has 4 heteroatoms. The smallest absolute Gasteiger partial charge is 0.141 e. The normalized spacial score (nSPS) is 19.3. The van der Waals surface area contributed by atoms with Crippen molar-refractivity contribution >= 4 is 5.82 Å². The van der Waals surface area contributed by atoms with E-state index in [1.807, 2.05) is 0 Å². The first-order valence-electron chi connectivity index (χ1n) is 8.26. The molecule has 1 aromatic heterocycles. The Bertz CT molecular complexity index is 446. The maximum atomic E-state index is 13.6. The Morgan fingerprint density at radius 1 is 1.43 bits per heavy atom. The van der Waals surface area contributed by atoms with Crippen LogP contribution in [0.5, 0.6) is 0 Å². The van der Waals surface area contributed by atoms with Crippen LogP contribution in [0.2, 0.25) is 0 Å². The van der Waals surface area contributed by atoms with E-state index < -0.39 is 0 Å². The molecule has 2 heterocycles. The average Bonchev–Trinajstić information content (AvgIpc) is 2.46. The molecular weight excluding hydrogens is 265 g/mol. The van der Waals surface area contributed by atoms with Crippen molar-refractivity contribution in [3.05, 3.63) is 23.6 Å².